The monoisotopic (exact) mass is 266 g/mol. The van der Waals surface area contributed by atoms with Crippen molar-refractivity contribution in [1.82, 2.24) is 0 Å². The second-order valence-corrected chi connectivity index (χ2v) is 3.80. The molecule has 0 spiro atoms. The lowest BCUT2D eigenvalue weighted by molar-refractivity contribution is 0.0499. The minimum absolute atomic E-state index is 0.228. The first-order valence-electron chi connectivity index (χ1n) is 6.25. The van der Waals surface area contributed by atoms with Crippen LogP contribution >= 0.6 is 0 Å². The van der Waals surface area contributed by atoms with Crippen LogP contribution in [-0.2, 0) is 14.2 Å². The van der Waals surface area contributed by atoms with E-state index in [9.17, 15) is 9.59 Å². The third-order valence-corrected chi connectivity index (χ3v) is 2.26. The third-order valence-electron chi connectivity index (χ3n) is 2.26. The molecule has 2 rings (SSSR count). The van der Waals surface area contributed by atoms with Gasteiger partial charge in [-0.05, 0) is 18.6 Å². The predicted molar refractivity (Wildman–Crippen MR) is 68.9 cm³/mol. The summed E-state index contributed by atoms with van der Waals surface area (Å²) in [5.41, 5.74) is 0.624. The molecule has 0 aromatic heterocycles. The van der Waals surface area contributed by atoms with Crippen molar-refractivity contribution < 1.29 is 23.8 Å². The van der Waals surface area contributed by atoms with Gasteiger partial charge in [0, 0.05) is 0 Å². The summed E-state index contributed by atoms with van der Waals surface area (Å²) >= 11 is 0. The summed E-state index contributed by atoms with van der Waals surface area (Å²) in [4.78, 5) is 21.1. The van der Waals surface area contributed by atoms with Crippen LogP contribution in [0.1, 0.15) is 30.1 Å². The van der Waals surface area contributed by atoms with Crippen molar-refractivity contribution in [2.75, 3.05) is 19.8 Å². The van der Waals surface area contributed by atoms with Crippen LogP contribution in [0.4, 0.5) is 4.79 Å². The number of esters is 1. The molecule has 1 heterocycles. The van der Waals surface area contributed by atoms with E-state index in [0.717, 1.165) is 12.8 Å². The number of hydrogen-bond donors (Lipinski definition) is 0. The second kappa shape index (κ2) is 8.97. The van der Waals surface area contributed by atoms with E-state index in [-0.39, 0.29) is 5.97 Å². The molecule has 0 N–H and O–H groups in total. The maximum Gasteiger partial charge on any atom is 0.508 e. The Morgan fingerprint density at radius 1 is 1.21 bits per heavy atom. The molecule has 19 heavy (non-hydrogen) atoms. The fourth-order valence-corrected chi connectivity index (χ4v) is 1.26. The highest BCUT2D eigenvalue weighted by atomic mass is 16.8. The molecular weight excluding hydrogens is 248 g/mol. The van der Waals surface area contributed by atoms with Gasteiger partial charge in [0.2, 0.25) is 0 Å². The van der Waals surface area contributed by atoms with E-state index in [1.54, 1.807) is 12.1 Å². The van der Waals surface area contributed by atoms with E-state index in [1.807, 2.05) is 18.2 Å². The van der Waals surface area contributed by atoms with E-state index >= 15 is 0 Å². The van der Waals surface area contributed by atoms with Crippen molar-refractivity contribution in [2.24, 2.45) is 0 Å². The molecule has 1 aromatic carbocycles. The van der Waals surface area contributed by atoms with Gasteiger partial charge in [0.25, 0.3) is 0 Å². The van der Waals surface area contributed by atoms with E-state index in [2.05, 4.69) is 16.4 Å². The number of ether oxygens (including phenoxy) is 3. The highest BCUT2D eigenvalue weighted by Gasteiger charge is 2.09. The van der Waals surface area contributed by atoms with Crippen molar-refractivity contribution in [3.63, 3.8) is 0 Å². The first kappa shape index (κ1) is 15.0. The summed E-state index contributed by atoms with van der Waals surface area (Å²) in [6, 6.07) is 9.05. The topological polar surface area (TPSA) is 61.8 Å². The Morgan fingerprint density at radius 3 is 2.32 bits per heavy atom. The molecule has 5 heteroatoms. The first-order valence-corrected chi connectivity index (χ1v) is 6.25. The Balaban J connectivity index is 0.000000250. The lowest BCUT2D eigenvalue weighted by Gasteiger charge is -2.02. The molecule has 0 aliphatic carbocycles. The van der Waals surface area contributed by atoms with Gasteiger partial charge in [-0.25, -0.2) is 9.59 Å². The fourth-order valence-electron chi connectivity index (χ4n) is 1.26. The van der Waals surface area contributed by atoms with Crippen LogP contribution in [-0.4, -0.2) is 31.9 Å². The van der Waals surface area contributed by atoms with Gasteiger partial charge >= 0.3 is 12.1 Å². The van der Waals surface area contributed by atoms with Crippen molar-refractivity contribution in [3.05, 3.63) is 35.9 Å². The highest BCUT2D eigenvalue weighted by Crippen LogP contribution is 2.01. The number of rotatable bonds is 4. The standard InChI is InChI=1S/C11H14O2.C3H4O3/c1-2-3-9-13-11(12)10-7-5-4-6-8-10;4-3-5-1-2-6-3/h4-8H,2-3,9H2,1H3;1-2H2. The highest BCUT2D eigenvalue weighted by molar-refractivity contribution is 5.89. The van der Waals surface area contributed by atoms with Gasteiger partial charge in [0.1, 0.15) is 13.2 Å². The Morgan fingerprint density at radius 2 is 1.84 bits per heavy atom. The van der Waals surface area contributed by atoms with Crippen molar-refractivity contribution in [2.45, 2.75) is 19.8 Å². The first-order chi connectivity index (χ1) is 9.24. The molecular formula is C14H18O5. The normalized spacial score (nSPS) is 12.8. The molecule has 0 amide bonds. The lowest BCUT2D eigenvalue weighted by atomic mass is 10.2. The molecule has 0 radical (unpaired) electrons. The minimum Gasteiger partial charge on any atom is -0.462 e. The summed E-state index contributed by atoms with van der Waals surface area (Å²) in [6.07, 6.45) is 1.43. The Bertz CT molecular complexity index is 380. The Hall–Kier alpha value is -2.04. The second-order valence-electron chi connectivity index (χ2n) is 3.80. The molecule has 0 unspecified atom stereocenters. The number of hydrogen-bond acceptors (Lipinski definition) is 5. The van der Waals surface area contributed by atoms with Crippen molar-refractivity contribution >= 4 is 12.1 Å². The molecule has 1 fully saturated rings. The molecule has 1 aliphatic heterocycles. The average molecular weight is 266 g/mol. The van der Waals surface area contributed by atoms with Crippen molar-refractivity contribution in [1.29, 1.82) is 0 Å². The number of carbonyl (C=O) groups is 2. The molecule has 1 aliphatic rings. The number of carbonyl (C=O) groups excluding carboxylic acids is 2. The van der Waals surface area contributed by atoms with Gasteiger partial charge in [-0.15, -0.1) is 0 Å². The smallest absolute Gasteiger partial charge is 0.462 e. The van der Waals surface area contributed by atoms with Crippen LogP contribution in [0.2, 0.25) is 0 Å². The molecule has 0 saturated carbocycles. The summed E-state index contributed by atoms with van der Waals surface area (Å²) in [7, 11) is 0. The average Bonchev–Trinajstić information content (AvgIpc) is 2.92. The zero-order valence-electron chi connectivity index (χ0n) is 11.0. The van der Waals surface area contributed by atoms with E-state index in [0.29, 0.717) is 25.4 Å². The zero-order valence-corrected chi connectivity index (χ0v) is 11.0. The lowest BCUT2D eigenvalue weighted by Crippen LogP contribution is -2.05. The molecule has 0 bridgehead atoms. The molecule has 104 valence electrons. The van der Waals surface area contributed by atoms with Gasteiger partial charge in [-0.2, -0.15) is 0 Å². The van der Waals surface area contributed by atoms with Gasteiger partial charge in [-0.1, -0.05) is 31.5 Å². The van der Waals surface area contributed by atoms with Crippen LogP contribution in [0.3, 0.4) is 0 Å². The fraction of sp³-hybridized carbons (Fsp3) is 0.429. The number of cyclic esters (lactones) is 2. The maximum absolute atomic E-state index is 11.3. The predicted octanol–water partition coefficient (Wildman–Crippen LogP) is 2.80. The van der Waals surface area contributed by atoms with Gasteiger partial charge in [-0.3, -0.25) is 0 Å². The third kappa shape index (κ3) is 6.45. The van der Waals surface area contributed by atoms with Crippen LogP contribution in [0, 0.1) is 0 Å². The van der Waals surface area contributed by atoms with Crippen LogP contribution in [0.5, 0.6) is 0 Å². The van der Waals surface area contributed by atoms with Crippen molar-refractivity contribution in [3.8, 4) is 0 Å². The van der Waals surface area contributed by atoms with Gasteiger partial charge in [0.15, 0.2) is 0 Å². The zero-order chi connectivity index (χ0) is 13.9. The minimum atomic E-state index is -0.546. The van der Waals surface area contributed by atoms with E-state index in [4.69, 9.17) is 4.74 Å². The Labute approximate surface area is 112 Å². The Kier molecular flexibility index (Phi) is 7.09. The van der Waals surface area contributed by atoms with E-state index < -0.39 is 6.16 Å². The molecule has 1 saturated heterocycles. The summed E-state index contributed by atoms with van der Waals surface area (Å²) in [5, 5.41) is 0. The van der Waals surface area contributed by atoms with Gasteiger partial charge < -0.3 is 14.2 Å². The molecule has 5 nitrogen and oxygen atoms in total. The largest absolute Gasteiger partial charge is 0.508 e. The van der Waals surface area contributed by atoms with Gasteiger partial charge in [0.05, 0.1) is 12.2 Å². The van der Waals surface area contributed by atoms with Crippen LogP contribution in [0.25, 0.3) is 0 Å². The summed E-state index contributed by atoms with van der Waals surface area (Å²) in [5.74, 6) is -0.228. The van der Waals surface area contributed by atoms with Crippen LogP contribution in [0.15, 0.2) is 30.3 Å². The van der Waals surface area contributed by atoms with Crippen LogP contribution < -0.4 is 0 Å². The molecule has 0 atom stereocenters. The number of benzene rings is 1. The van der Waals surface area contributed by atoms with E-state index in [1.165, 1.54) is 0 Å². The quantitative estimate of drug-likeness (QED) is 0.619. The number of unbranched alkanes of at least 4 members (excludes halogenated alkanes) is 1. The summed E-state index contributed by atoms with van der Waals surface area (Å²) in [6.45, 7) is 3.41. The SMILES string of the molecule is CCCCOC(=O)c1ccccc1.O=C1OCCO1. The summed E-state index contributed by atoms with van der Waals surface area (Å²) < 4.78 is 13.6. The molecule has 1 aromatic rings. The maximum atomic E-state index is 11.3.